The molecule has 4 rings (SSSR count). The molecule has 3 heterocycles. The second-order valence-corrected chi connectivity index (χ2v) is 26.1. The van der Waals surface area contributed by atoms with Gasteiger partial charge in [0, 0.05) is 26.4 Å². The van der Waals surface area contributed by atoms with Gasteiger partial charge in [-0.05, 0) is 74.0 Å². The largest absolute Gasteiger partial charge is 0.394 e. The zero-order valence-electron chi connectivity index (χ0n) is 52.3. The predicted molar refractivity (Wildman–Crippen MR) is 314 cm³/mol. The average Bonchev–Trinajstić information content (AvgIpc) is 3.65. The van der Waals surface area contributed by atoms with E-state index in [1.165, 1.54) is 89.9 Å². The standard InChI is InChI=1S/C63H120O21/c1-41(2)19-16-21-43(5)27-31-77-47(40-80-62-57(73)54(70)59(83-62)49(67)34-64)37-75-29-15-13-11-9-7-8-10-12-14-23-45-25-26-46(33-45)24-18-30-76-38-48(78-32-28-44(6)22-17-20-42(3)4)39-79-61-58(74)55(71)60(51(36-66)82-61)84-63-56(72)53(69)52(68)50(35-65)81-63/h41-74H,7-40H2,1-6H3/t43-,44-,45+,46-,47+,48+,49-,50-,51-,52+,53+,54-,55-,56-,57-,58-,59+,60-,61-,62-,63+/m1/s1. The third-order valence-electron chi connectivity index (χ3n) is 17.6. The van der Waals surface area contributed by atoms with Crippen LogP contribution in [0.5, 0.6) is 0 Å². The molecule has 1 saturated carbocycles. The molecule has 4 aliphatic rings. The number of rotatable bonds is 48. The summed E-state index contributed by atoms with van der Waals surface area (Å²) in [4.78, 5) is 0. The number of hydrogen-bond acceptors (Lipinski definition) is 21. The van der Waals surface area contributed by atoms with E-state index in [9.17, 15) is 56.2 Å². The monoisotopic (exact) mass is 1210 g/mol. The first-order valence-electron chi connectivity index (χ1n) is 32.9. The van der Waals surface area contributed by atoms with Crippen LogP contribution in [0, 0.1) is 35.5 Å². The number of aliphatic hydroxyl groups is 11. The first-order chi connectivity index (χ1) is 40.4. The van der Waals surface area contributed by atoms with Gasteiger partial charge in [-0.1, -0.05) is 151 Å². The molecule has 21 heteroatoms. The summed E-state index contributed by atoms with van der Waals surface area (Å²) in [6.45, 7) is 14.4. The minimum Gasteiger partial charge on any atom is -0.394 e. The Hall–Kier alpha value is -0.840. The van der Waals surface area contributed by atoms with Gasteiger partial charge in [-0.25, -0.2) is 0 Å². The Morgan fingerprint density at radius 2 is 0.893 bits per heavy atom. The molecule has 0 aromatic rings. The molecular weight excluding hydrogens is 1090 g/mol. The maximum atomic E-state index is 11.1. The quantitative estimate of drug-likeness (QED) is 0.0355. The molecule has 0 spiro atoms. The van der Waals surface area contributed by atoms with E-state index in [-0.39, 0.29) is 25.9 Å². The van der Waals surface area contributed by atoms with Gasteiger partial charge in [-0.15, -0.1) is 0 Å². The van der Waals surface area contributed by atoms with Crippen molar-refractivity contribution < 1.29 is 104 Å². The van der Waals surface area contributed by atoms with Crippen LogP contribution in [-0.4, -0.2) is 233 Å². The highest BCUT2D eigenvalue weighted by Crippen LogP contribution is 2.37. The van der Waals surface area contributed by atoms with Gasteiger partial charge in [0.25, 0.3) is 0 Å². The molecule has 0 radical (unpaired) electrons. The average molecular weight is 1210 g/mol. The Morgan fingerprint density at radius 3 is 1.42 bits per heavy atom. The fraction of sp³-hybridized carbons (Fsp3) is 1.00. The minimum atomic E-state index is -1.76. The van der Waals surface area contributed by atoms with Crippen LogP contribution in [0.3, 0.4) is 0 Å². The summed E-state index contributed by atoms with van der Waals surface area (Å²) < 4.78 is 59.1. The van der Waals surface area contributed by atoms with Crippen LogP contribution in [0.15, 0.2) is 0 Å². The fourth-order valence-corrected chi connectivity index (χ4v) is 12.0. The first kappa shape index (κ1) is 75.6. The van der Waals surface area contributed by atoms with E-state index in [1.807, 2.05) is 0 Å². The fourth-order valence-electron chi connectivity index (χ4n) is 12.0. The summed E-state index contributed by atoms with van der Waals surface area (Å²) in [6.07, 6.45) is 4.26. The van der Waals surface area contributed by atoms with Crippen LogP contribution in [0.25, 0.3) is 0 Å². The zero-order valence-corrected chi connectivity index (χ0v) is 52.3. The summed E-state index contributed by atoms with van der Waals surface area (Å²) >= 11 is 0. The maximum Gasteiger partial charge on any atom is 0.187 e. The first-order valence-corrected chi connectivity index (χ1v) is 32.9. The van der Waals surface area contributed by atoms with Crippen LogP contribution in [0.1, 0.15) is 189 Å². The van der Waals surface area contributed by atoms with E-state index in [4.69, 9.17) is 47.4 Å². The molecular formula is C63H120O21. The van der Waals surface area contributed by atoms with E-state index < -0.39 is 118 Å². The van der Waals surface area contributed by atoms with Gasteiger partial charge in [0.1, 0.15) is 85.5 Å². The van der Waals surface area contributed by atoms with E-state index in [0.717, 1.165) is 63.7 Å². The molecule has 0 aromatic carbocycles. The van der Waals surface area contributed by atoms with Crippen molar-refractivity contribution in [1.82, 2.24) is 0 Å². The third-order valence-corrected chi connectivity index (χ3v) is 17.6. The lowest BCUT2D eigenvalue weighted by Gasteiger charge is -2.46. The van der Waals surface area contributed by atoms with Crippen molar-refractivity contribution in [2.45, 2.75) is 294 Å². The normalized spacial score (nSPS) is 32.2. The summed E-state index contributed by atoms with van der Waals surface area (Å²) in [7, 11) is 0. The van der Waals surface area contributed by atoms with Crippen molar-refractivity contribution in [2.75, 3.05) is 72.7 Å². The molecule has 0 unspecified atom stereocenters. The minimum absolute atomic E-state index is 0.0213. The molecule has 11 N–H and O–H groups in total. The summed E-state index contributed by atoms with van der Waals surface area (Å²) in [5.41, 5.74) is 0. The van der Waals surface area contributed by atoms with Crippen LogP contribution in [0.2, 0.25) is 0 Å². The lowest BCUT2D eigenvalue weighted by Crippen LogP contribution is -2.64. The lowest BCUT2D eigenvalue weighted by molar-refractivity contribution is -0.360. The number of hydrogen-bond donors (Lipinski definition) is 11. The molecule has 84 heavy (non-hydrogen) atoms. The van der Waals surface area contributed by atoms with Gasteiger partial charge in [-0.3, -0.25) is 0 Å². The van der Waals surface area contributed by atoms with Gasteiger partial charge in [0.2, 0.25) is 0 Å². The van der Waals surface area contributed by atoms with Crippen LogP contribution < -0.4 is 0 Å². The highest BCUT2D eigenvalue weighted by Gasteiger charge is 2.51. The summed E-state index contributed by atoms with van der Waals surface area (Å²) in [5, 5.41) is 113. The summed E-state index contributed by atoms with van der Waals surface area (Å²) in [5.74, 6) is 3.86. The Balaban J connectivity index is 1.06. The van der Waals surface area contributed by atoms with Crippen molar-refractivity contribution in [2.24, 2.45) is 35.5 Å². The van der Waals surface area contributed by atoms with Gasteiger partial charge >= 0.3 is 0 Å². The van der Waals surface area contributed by atoms with E-state index in [2.05, 4.69) is 41.5 Å². The third kappa shape index (κ3) is 28.1. The van der Waals surface area contributed by atoms with Crippen LogP contribution >= 0.6 is 0 Å². The Morgan fingerprint density at radius 1 is 0.429 bits per heavy atom. The van der Waals surface area contributed by atoms with Crippen LogP contribution in [-0.2, 0) is 47.4 Å². The summed E-state index contributed by atoms with van der Waals surface area (Å²) in [6, 6.07) is 0. The molecule has 4 fully saturated rings. The second-order valence-electron chi connectivity index (χ2n) is 26.1. The van der Waals surface area contributed by atoms with Crippen molar-refractivity contribution in [3.05, 3.63) is 0 Å². The van der Waals surface area contributed by atoms with Crippen molar-refractivity contribution in [3.8, 4) is 0 Å². The number of ether oxygens (including phenoxy) is 10. The van der Waals surface area contributed by atoms with Gasteiger partial charge < -0.3 is 104 Å². The van der Waals surface area contributed by atoms with E-state index in [0.29, 0.717) is 62.6 Å². The zero-order chi connectivity index (χ0) is 61.4. The van der Waals surface area contributed by atoms with Gasteiger partial charge in [0.15, 0.2) is 18.9 Å². The van der Waals surface area contributed by atoms with Crippen molar-refractivity contribution in [1.29, 1.82) is 0 Å². The molecule has 3 aliphatic heterocycles. The smallest absolute Gasteiger partial charge is 0.187 e. The second kappa shape index (κ2) is 43.0. The Labute approximate surface area is 503 Å². The van der Waals surface area contributed by atoms with E-state index in [1.54, 1.807) is 0 Å². The molecule has 1 aliphatic carbocycles. The number of unbranched alkanes of at least 4 members (excludes halogenated alkanes) is 8. The van der Waals surface area contributed by atoms with E-state index >= 15 is 0 Å². The Kier molecular flexibility index (Phi) is 38.7. The van der Waals surface area contributed by atoms with Crippen molar-refractivity contribution >= 4 is 0 Å². The van der Waals surface area contributed by atoms with Gasteiger partial charge in [-0.2, -0.15) is 0 Å². The molecule has 21 nitrogen and oxygen atoms in total. The molecule has 498 valence electrons. The molecule has 0 bridgehead atoms. The van der Waals surface area contributed by atoms with Crippen LogP contribution in [0.4, 0.5) is 0 Å². The predicted octanol–water partition coefficient (Wildman–Crippen LogP) is 5.05. The Bertz CT molecular complexity index is 1600. The molecule has 0 amide bonds. The van der Waals surface area contributed by atoms with Crippen molar-refractivity contribution in [3.63, 3.8) is 0 Å². The number of aliphatic hydroxyl groups excluding tert-OH is 11. The topological polar surface area (TPSA) is 315 Å². The highest BCUT2D eigenvalue weighted by molar-refractivity contribution is 4.95. The van der Waals surface area contributed by atoms with Gasteiger partial charge in [0.05, 0.1) is 46.2 Å². The lowest BCUT2D eigenvalue weighted by atomic mass is 9.96. The molecule has 0 aromatic heterocycles. The maximum absolute atomic E-state index is 11.1. The SMILES string of the molecule is CC(C)CCC[C@@H](C)CCO[C@@H](COCCCCCCCCCCC[C@H]1CC[C@@H](CCCOC[C@@H](CO[C@@H]2O[C@H](CO)[C@@H](O[C@@H]3O[C@H](CO)[C@H](O)[C@H](O)[C@H]3O)[C@H](O)[C@H]2O)OCC[C@H](C)CCCC(C)C)C1)CO[C@@H]1O[C@@H]([C@H](O)CO)[C@H](O)[C@H]1O. The molecule has 21 atom stereocenters. The highest BCUT2D eigenvalue weighted by atomic mass is 16.7. The molecule has 3 saturated heterocycles.